The molecule has 1 aromatic carbocycles. The monoisotopic (exact) mass is 210 g/mol. The Balaban J connectivity index is 3.23. The van der Waals surface area contributed by atoms with Gasteiger partial charge in [0, 0.05) is 18.7 Å². The summed E-state index contributed by atoms with van der Waals surface area (Å²) in [5, 5.41) is 10.5. The van der Waals surface area contributed by atoms with Crippen LogP contribution in [0, 0.1) is 10.1 Å². The highest BCUT2D eigenvalue weighted by Gasteiger charge is 2.13. The molecular weight excluding hydrogens is 200 g/mol. The van der Waals surface area contributed by atoms with Crippen LogP contribution in [-0.4, -0.2) is 18.0 Å². The molecule has 15 heavy (non-hydrogen) atoms. The van der Waals surface area contributed by atoms with Crippen molar-refractivity contribution < 1.29 is 14.5 Å². The number of rotatable bonds is 3. The zero-order valence-corrected chi connectivity index (χ0v) is 8.10. The fourth-order valence-corrected chi connectivity index (χ4v) is 1.13. The Bertz CT molecular complexity index is 403. The molecule has 0 bridgehead atoms. The van der Waals surface area contributed by atoms with E-state index in [1.165, 1.54) is 19.2 Å². The maximum Gasteiger partial charge on any atom is 0.338 e. The summed E-state index contributed by atoms with van der Waals surface area (Å²) in [4.78, 5) is 21.1. The van der Waals surface area contributed by atoms with Crippen LogP contribution in [-0.2, 0) is 11.3 Å². The van der Waals surface area contributed by atoms with E-state index in [1.807, 2.05) is 0 Å². The smallest absolute Gasteiger partial charge is 0.338 e. The number of non-ortho nitro benzene ring substituents is 1. The van der Waals surface area contributed by atoms with Crippen molar-refractivity contribution in [2.24, 2.45) is 5.73 Å². The first-order chi connectivity index (χ1) is 7.08. The van der Waals surface area contributed by atoms with E-state index >= 15 is 0 Å². The maximum absolute atomic E-state index is 11.2. The lowest BCUT2D eigenvalue weighted by Crippen LogP contribution is -2.05. The predicted molar refractivity (Wildman–Crippen MR) is 52.3 cm³/mol. The first-order valence-corrected chi connectivity index (χ1v) is 4.15. The molecule has 0 saturated carbocycles. The van der Waals surface area contributed by atoms with E-state index in [1.54, 1.807) is 0 Å². The van der Waals surface area contributed by atoms with Gasteiger partial charge in [-0.1, -0.05) is 0 Å². The number of esters is 1. The molecular formula is C9H10N2O4. The summed E-state index contributed by atoms with van der Waals surface area (Å²) in [5.41, 5.74) is 5.84. The second-order valence-electron chi connectivity index (χ2n) is 2.84. The van der Waals surface area contributed by atoms with Crippen molar-refractivity contribution in [1.29, 1.82) is 0 Å². The van der Waals surface area contributed by atoms with Crippen molar-refractivity contribution in [1.82, 2.24) is 0 Å². The van der Waals surface area contributed by atoms with E-state index in [9.17, 15) is 14.9 Å². The molecule has 0 radical (unpaired) electrons. The van der Waals surface area contributed by atoms with Gasteiger partial charge < -0.3 is 10.5 Å². The Kier molecular flexibility index (Phi) is 3.35. The molecule has 2 N–H and O–H groups in total. The van der Waals surface area contributed by atoms with Crippen LogP contribution in [0.1, 0.15) is 15.9 Å². The highest BCUT2D eigenvalue weighted by atomic mass is 16.6. The molecule has 0 aliphatic rings. The molecule has 0 amide bonds. The average Bonchev–Trinajstić information content (AvgIpc) is 2.27. The van der Waals surface area contributed by atoms with Crippen LogP contribution < -0.4 is 5.73 Å². The van der Waals surface area contributed by atoms with Gasteiger partial charge in [-0.25, -0.2) is 4.79 Å². The average molecular weight is 210 g/mol. The standard InChI is InChI=1S/C9H10N2O4/c1-15-9(12)7-2-6(5-10)3-8(4-7)11(13)14/h2-4H,5,10H2,1H3. The lowest BCUT2D eigenvalue weighted by Gasteiger charge is -2.02. The molecule has 0 atom stereocenters. The predicted octanol–water partition coefficient (Wildman–Crippen LogP) is 0.840. The van der Waals surface area contributed by atoms with Gasteiger partial charge in [0.25, 0.3) is 5.69 Å². The van der Waals surface area contributed by atoms with Crippen LogP contribution in [0.5, 0.6) is 0 Å². The lowest BCUT2D eigenvalue weighted by atomic mass is 10.1. The molecule has 80 valence electrons. The third kappa shape index (κ3) is 2.50. The quantitative estimate of drug-likeness (QED) is 0.453. The summed E-state index contributed by atoms with van der Waals surface area (Å²) in [7, 11) is 1.21. The van der Waals surface area contributed by atoms with Crippen molar-refractivity contribution in [3.8, 4) is 0 Å². The van der Waals surface area contributed by atoms with Gasteiger partial charge in [-0.3, -0.25) is 10.1 Å². The van der Waals surface area contributed by atoms with E-state index in [0.29, 0.717) is 5.56 Å². The van der Waals surface area contributed by atoms with Gasteiger partial charge in [0.15, 0.2) is 0 Å². The fourth-order valence-electron chi connectivity index (χ4n) is 1.13. The van der Waals surface area contributed by atoms with Crippen LogP contribution in [0.25, 0.3) is 0 Å². The van der Waals surface area contributed by atoms with E-state index in [2.05, 4.69) is 4.74 Å². The van der Waals surface area contributed by atoms with Gasteiger partial charge >= 0.3 is 5.97 Å². The summed E-state index contributed by atoms with van der Waals surface area (Å²) in [5.74, 6) is -0.617. The molecule has 0 unspecified atom stereocenters. The van der Waals surface area contributed by atoms with Crippen LogP contribution in [0.3, 0.4) is 0 Å². The van der Waals surface area contributed by atoms with Gasteiger partial charge in [0.05, 0.1) is 17.6 Å². The summed E-state index contributed by atoms with van der Waals surface area (Å²) in [6.45, 7) is 0.131. The summed E-state index contributed by atoms with van der Waals surface area (Å²) < 4.78 is 4.47. The SMILES string of the molecule is COC(=O)c1cc(CN)cc([N+](=O)[O-])c1. The topological polar surface area (TPSA) is 95.5 Å². The molecule has 6 heteroatoms. The molecule has 0 aliphatic heterocycles. The van der Waals surface area contributed by atoms with Crippen molar-refractivity contribution in [2.75, 3.05) is 7.11 Å². The van der Waals surface area contributed by atoms with Crippen molar-refractivity contribution in [3.63, 3.8) is 0 Å². The largest absolute Gasteiger partial charge is 0.465 e. The first-order valence-electron chi connectivity index (χ1n) is 4.15. The minimum Gasteiger partial charge on any atom is -0.465 e. The van der Waals surface area contributed by atoms with E-state index < -0.39 is 10.9 Å². The number of hydrogen-bond acceptors (Lipinski definition) is 5. The Labute approximate surface area is 85.8 Å². The third-order valence-electron chi connectivity index (χ3n) is 1.85. The summed E-state index contributed by atoms with van der Waals surface area (Å²) >= 11 is 0. The Morgan fingerprint density at radius 1 is 1.53 bits per heavy atom. The summed E-state index contributed by atoms with van der Waals surface area (Å²) in [6.07, 6.45) is 0. The highest BCUT2D eigenvalue weighted by molar-refractivity contribution is 5.90. The number of benzene rings is 1. The van der Waals surface area contributed by atoms with Gasteiger partial charge in [-0.15, -0.1) is 0 Å². The highest BCUT2D eigenvalue weighted by Crippen LogP contribution is 2.17. The van der Waals surface area contributed by atoms with Gasteiger partial charge in [-0.05, 0) is 11.6 Å². The fraction of sp³-hybridized carbons (Fsp3) is 0.222. The molecule has 1 rings (SSSR count). The Morgan fingerprint density at radius 3 is 2.67 bits per heavy atom. The number of hydrogen-bond donors (Lipinski definition) is 1. The second kappa shape index (κ2) is 4.52. The molecule has 0 aromatic heterocycles. The van der Waals surface area contributed by atoms with E-state index in [-0.39, 0.29) is 17.8 Å². The number of methoxy groups -OCH3 is 1. The molecule has 0 fully saturated rings. The number of nitro benzene ring substituents is 1. The number of carbonyl (C=O) groups is 1. The molecule has 0 heterocycles. The van der Waals surface area contributed by atoms with Crippen LogP contribution in [0.2, 0.25) is 0 Å². The minimum atomic E-state index is -0.617. The van der Waals surface area contributed by atoms with Crippen molar-refractivity contribution >= 4 is 11.7 Å². The Hall–Kier alpha value is -1.95. The summed E-state index contributed by atoms with van der Waals surface area (Å²) in [6, 6.07) is 3.95. The second-order valence-corrected chi connectivity index (χ2v) is 2.84. The first kappa shape index (κ1) is 11.1. The zero-order valence-electron chi connectivity index (χ0n) is 8.10. The third-order valence-corrected chi connectivity index (χ3v) is 1.85. The van der Waals surface area contributed by atoms with E-state index in [4.69, 9.17) is 5.73 Å². The Morgan fingerprint density at radius 2 is 2.20 bits per heavy atom. The van der Waals surface area contributed by atoms with Crippen molar-refractivity contribution in [2.45, 2.75) is 6.54 Å². The number of ether oxygens (including phenoxy) is 1. The number of nitrogens with two attached hydrogens (primary N) is 1. The lowest BCUT2D eigenvalue weighted by molar-refractivity contribution is -0.384. The molecule has 1 aromatic rings. The van der Waals surface area contributed by atoms with Gasteiger partial charge in [0.2, 0.25) is 0 Å². The van der Waals surface area contributed by atoms with Gasteiger partial charge in [0.1, 0.15) is 0 Å². The van der Waals surface area contributed by atoms with Crippen LogP contribution in [0.15, 0.2) is 18.2 Å². The van der Waals surface area contributed by atoms with E-state index in [0.717, 1.165) is 6.07 Å². The normalized spacial score (nSPS) is 9.73. The minimum absolute atomic E-state index is 0.131. The van der Waals surface area contributed by atoms with Crippen LogP contribution >= 0.6 is 0 Å². The number of carbonyl (C=O) groups excluding carboxylic acids is 1. The van der Waals surface area contributed by atoms with Crippen molar-refractivity contribution in [3.05, 3.63) is 39.4 Å². The van der Waals surface area contributed by atoms with Crippen LogP contribution in [0.4, 0.5) is 5.69 Å². The molecule has 0 aliphatic carbocycles. The number of nitro groups is 1. The zero-order chi connectivity index (χ0) is 11.4. The molecule has 0 spiro atoms. The molecule has 6 nitrogen and oxygen atoms in total. The number of nitrogens with zero attached hydrogens (tertiary/aromatic N) is 1. The molecule has 0 saturated heterocycles. The maximum atomic E-state index is 11.2. The van der Waals surface area contributed by atoms with Gasteiger partial charge in [-0.2, -0.15) is 0 Å².